The standard InChI is InChI=1S/C21H26N4O3/c1-23-19(26)13-18(20(27)28)21(23)6-10-24(11-7-21)14-16-4-2-5-17(12-16)15-25-9-3-8-22-25/h2-5,8-9,12,18H,6-7,10-11,13-15H2,1H3,(H,27,28). The first kappa shape index (κ1) is 18.7. The van der Waals surface area contributed by atoms with Gasteiger partial charge in [0, 0.05) is 45.5 Å². The fourth-order valence-corrected chi connectivity index (χ4v) is 4.75. The van der Waals surface area contributed by atoms with Gasteiger partial charge in [0.05, 0.1) is 18.0 Å². The van der Waals surface area contributed by atoms with Gasteiger partial charge < -0.3 is 10.0 Å². The lowest BCUT2D eigenvalue weighted by Crippen LogP contribution is -2.55. The predicted octanol–water partition coefficient (Wildman–Crippen LogP) is 1.83. The fraction of sp³-hybridized carbons (Fsp3) is 0.476. The minimum Gasteiger partial charge on any atom is -0.481 e. The molecule has 1 spiro atoms. The number of amides is 1. The van der Waals surface area contributed by atoms with Gasteiger partial charge in [0.15, 0.2) is 0 Å². The number of likely N-dealkylation sites (tertiary alicyclic amines) is 2. The van der Waals surface area contributed by atoms with Crippen LogP contribution in [0.4, 0.5) is 0 Å². The third kappa shape index (κ3) is 3.42. The Morgan fingerprint density at radius 1 is 1.21 bits per heavy atom. The second-order valence-electron chi connectivity index (χ2n) is 7.95. The molecule has 1 aromatic heterocycles. The van der Waals surface area contributed by atoms with Crippen LogP contribution in [0.15, 0.2) is 42.7 Å². The van der Waals surface area contributed by atoms with E-state index in [4.69, 9.17) is 0 Å². The number of piperidine rings is 1. The van der Waals surface area contributed by atoms with Crippen LogP contribution in [0.3, 0.4) is 0 Å². The van der Waals surface area contributed by atoms with Crippen LogP contribution in [0.2, 0.25) is 0 Å². The van der Waals surface area contributed by atoms with Crippen LogP contribution in [-0.4, -0.2) is 62.2 Å². The lowest BCUT2D eigenvalue weighted by molar-refractivity contribution is -0.146. The SMILES string of the molecule is CN1C(=O)CC(C(=O)O)C12CCN(Cc1cccc(Cn3cccn3)c1)CC2. The highest BCUT2D eigenvalue weighted by atomic mass is 16.4. The minimum atomic E-state index is -0.850. The van der Waals surface area contributed by atoms with Gasteiger partial charge in [-0.25, -0.2) is 0 Å². The molecule has 1 atom stereocenters. The van der Waals surface area contributed by atoms with Crippen molar-refractivity contribution in [2.24, 2.45) is 5.92 Å². The zero-order valence-electron chi connectivity index (χ0n) is 16.1. The van der Waals surface area contributed by atoms with E-state index in [1.807, 2.05) is 16.9 Å². The van der Waals surface area contributed by atoms with Crippen molar-refractivity contribution in [2.75, 3.05) is 20.1 Å². The molecule has 1 amide bonds. The largest absolute Gasteiger partial charge is 0.481 e. The van der Waals surface area contributed by atoms with Crippen molar-refractivity contribution in [2.45, 2.75) is 37.9 Å². The van der Waals surface area contributed by atoms with E-state index in [-0.39, 0.29) is 12.3 Å². The maximum Gasteiger partial charge on any atom is 0.309 e. The first-order valence-electron chi connectivity index (χ1n) is 9.75. The average molecular weight is 382 g/mol. The summed E-state index contributed by atoms with van der Waals surface area (Å²) in [4.78, 5) is 27.9. The third-order valence-corrected chi connectivity index (χ3v) is 6.39. The number of carbonyl (C=O) groups is 2. The smallest absolute Gasteiger partial charge is 0.309 e. The van der Waals surface area contributed by atoms with Crippen molar-refractivity contribution in [1.82, 2.24) is 19.6 Å². The van der Waals surface area contributed by atoms with Crippen LogP contribution in [-0.2, 0) is 22.7 Å². The highest BCUT2D eigenvalue weighted by Crippen LogP contribution is 2.43. The van der Waals surface area contributed by atoms with Gasteiger partial charge in [0.2, 0.25) is 5.91 Å². The number of carboxylic acids is 1. The summed E-state index contributed by atoms with van der Waals surface area (Å²) in [5, 5.41) is 13.9. The van der Waals surface area contributed by atoms with E-state index in [1.54, 1.807) is 18.1 Å². The molecule has 4 rings (SSSR count). The minimum absolute atomic E-state index is 0.0489. The first-order chi connectivity index (χ1) is 13.5. The summed E-state index contributed by atoms with van der Waals surface area (Å²) >= 11 is 0. The highest BCUT2D eigenvalue weighted by Gasteiger charge is 2.55. The first-order valence-corrected chi connectivity index (χ1v) is 9.75. The molecule has 7 heteroatoms. The molecular formula is C21H26N4O3. The van der Waals surface area contributed by atoms with Gasteiger partial charge in [-0.05, 0) is 30.0 Å². The lowest BCUT2D eigenvalue weighted by Gasteiger charge is -2.45. The van der Waals surface area contributed by atoms with Crippen LogP contribution >= 0.6 is 0 Å². The Hall–Kier alpha value is -2.67. The summed E-state index contributed by atoms with van der Waals surface area (Å²) in [6.45, 7) is 3.17. The lowest BCUT2D eigenvalue weighted by atomic mass is 9.77. The van der Waals surface area contributed by atoms with Gasteiger partial charge in [-0.15, -0.1) is 0 Å². The van der Waals surface area contributed by atoms with E-state index in [0.29, 0.717) is 12.8 Å². The number of carboxylic acid groups (broad SMARTS) is 1. The number of rotatable bonds is 5. The summed E-state index contributed by atoms with van der Waals surface area (Å²) in [5.41, 5.74) is 1.93. The quantitative estimate of drug-likeness (QED) is 0.854. The third-order valence-electron chi connectivity index (χ3n) is 6.39. The van der Waals surface area contributed by atoms with Crippen LogP contribution in [0, 0.1) is 5.92 Å². The Bertz CT molecular complexity index is 856. The van der Waals surface area contributed by atoms with Crippen LogP contribution in [0.1, 0.15) is 30.4 Å². The summed E-state index contributed by atoms with van der Waals surface area (Å²) in [7, 11) is 1.76. The van der Waals surface area contributed by atoms with Gasteiger partial charge in [-0.3, -0.25) is 19.2 Å². The maximum atomic E-state index is 12.1. The second kappa shape index (κ2) is 7.39. The molecule has 2 aliphatic heterocycles. The number of hydrogen-bond donors (Lipinski definition) is 1. The Kier molecular flexibility index (Phi) is 4.93. The molecule has 0 radical (unpaired) electrons. The van der Waals surface area contributed by atoms with Gasteiger partial charge in [-0.2, -0.15) is 5.10 Å². The molecular weight excluding hydrogens is 356 g/mol. The van der Waals surface area contributed by atoms with Crippen molar-refractivity contribution < 1.29 is 14.7 Å². The van der Waals surface area contributed by atoms with E-state index in [1.165, 1.54) is 11.1 Å². The Labute approximate surface area is 164 Å². The number of aliphatic carboxylic acids is 1. The molecule has 3 heterocycles. The molecule has 1 unspecified atom stereocenters. The summed E-state index contributed by atoms with van der Waals surface area (Å²) in [6.07, 6.45) is 5.28. The van der Waals surface area contributed by atoms with Crippen molar-refractivity contribution in [3.05, 3.63) is 53.9 Å². The number of nitrogens with zero attached hydrogens (tertiary/aromatic N) is 4. The molecule has 0 saturated carbocycles. The molecule has 0 aliphatic carbocycles. The topological polar surface area (TPSA) is 78.7 Å². The Morgan fingerprint density at radius 3 is 2.57 bits per heavy atom. The zero-order chi connectivity index (χ0) is 19.7. The van der Waals surface area contributed by atoms with E-state index in [9.17, 15) is 14.7 Å². The fourth-order valence-electron chi connectivity index (χ4n) is 4.75. The van der Waals surface area contributed by atoms with Crippen LogP contribution < -0.4 is 0 Å². The van der Waals surface area contributed by atoms with E-state index < -0.39 is 17.4 Å². The molecule has 2 saturated heterocycles. The van der Waals surface area contributed by atoms with Gasteiger partial charge in [0.25, 0.3) is 0 Å². The average Bonchev–Trinajstić information content (AvgIpc) is 3.27. The predicted molar refractivity (Wildman–Crippen MR) is 104 cm³/mol. The zero-order valence-corrected chi connectivity index (χ0v) is 16.1. The molecule has 2 aliphatic rings. The number of hydrogen-bond acceptors (Lipinski definition) is 4. The molecule has 1 aromatic carbocycles. The summed E-state index contributed by atoms with van der Waals surface area (Å²) in [5.74, 6) is -1.49. The van der Waals surface area contributed by atoms with E-state index >= 15 is 0 Å². The molecule has 28 heavy (non-hydrogen) atoms. The second-order valence-corrected chi connectivity index (χ2v) is 7.95. The monoisotopic (exact) mass is 382 g/mol. The van der Waals surface area contributed by atoms with Crippen LogP contribution in [0.25, 0.3) is 0 Å². The molecule has 1 N–H and O–H groups in total. The number of benzene rings is 1. The van der Waals surface area contributed by atoms with Crippen molar-refractivity contribution >= 4 is 11.9 Å². The molecule has 2 fully saturated rings. The maximum absolute atomic E-state index is 12.1. The van der Waals surface area contributed by atoms with E-state index in [0.717, 1.165) is 26.2 Å². The number of aromatic nitrogens is 2. The summed E-state index contributed by atoms with van der Waals surface area (Å²) in [6, 6.07) is 10.4. The van der Waals surface area contributed by atoms with Gasteiger partial charge in [-0.1, -0.05) is 24.3 Å². The normalized spacial score (nSPS) is 22.1. The van der Waals surface area contributed by atoms with Crippen molar-refractivity contribution in [3.63, 3.8) is 0 Å². The van der Waals surface area contributed by atoms with E-state index in [2.05, 4.69) is 34.3 Å². The molecule has 148 valence electrons. The molecule has 2 aromatic rings. The van der Waals surface area contributed by atoms with Gasteiger partial charge in [0.1, 0.15) is 0 Å². The molecule has 7 nitrogen and oxygen atoms in total. The van der Waals surface area contributed by atoms with Crippen LogP contribution in [0.5, 0.6) is 0 Å². The van der Waals surface area contributed by atoms with Crippen molar-refractivity contribution in [1.29, 1.82) is 0 Å². The Balaban J connectivity index is 1.41. The molecule has 0 bridgehead atoms. The van der Waals surface area contributed by atoms with Crippen molar-refractivity contribution in [3.8, 4) is 0 Å². The highest BCUT2D eigenvalue weighted by molar-refractivity contribution is 5.88. The van der Waals surface area contributed by atoms with Gasteiger partial charge >= 0.3 is 5.97 Å². The Morgan fingerprint density at radius 2 is 1.93 bits per heavy atom. The number of carbonyl (C=O) groups excluding carboxylic acids is 1. The summed E-state index contributed by atoms with van der Waals surface area (Å²) < 4.78 is 1.91.